The number of benzene rings is 1. The molecule has 1 saturated carbocycles. The van der Waals surface area contributed by atoms with Crippen LogP contribution in [0.15, 0.2) is 24.3 Å². The highest BCUT2D eigenvalue weighted by Crippen LogP contribution is 2.37. The summed E-state index contributed by atoms with van der Waals surface area (Å²) in [5.41, 5.74) is -0.848. The number of carbonyl (C=O) groups is 3. The third kappa shape index (κ3) is 4.58. The molecule has 8 heteroatoms. The number of carbonyl (C=O) groups excluding carboxylic acids is 3. The van der Waals surface area contributed by atoms with Gasteiger partial charge in [0.15, 0.2) is 0 Å². The number of esters is 1. The minimum absolute atomic E-state index is 0.0122. The highest BCUT2D eigenvalue weighted by Gasteiger charge is 2.52. The predicted octanol–water partition coefficient (Wildman–Crippen LogP) is 3.15. The summed E-state index contributed by atoms with van der Waals surface area (Å²) < 4.78 is 10.5. The van der Waals surface area contributed by atoms with Crippen molar-refractivity contribution >= 4 is 29.5 Å². The lowest BCUT2D eigenvalue weighted by Crippen LogP contribution is -2.49. The SMILES string of the molecule is CCC1CCC2(CC1)NC(=O)N(CC(=O)OCCOc1cccc(Cl)c1)C2=O. The van der Waals surface area contributed by atoms with Crippen molar-refractivity contribution in [2.75, 3.05) is 19.8 Å². The molecule has 7 nitrogen and oxygen atoms in total. The van der Waals surface area contributed by atoms with Crippen LogP contribution in [0.5, 0.6) is 5.75 Å². The number of nitrogens with zero attached hydrogens (tertiary/aromatic N) is 1. The Bertz CT molecular complexity index is 746. The van der Waals surface area contributed by atoms with Crippen molar-refractivity contribution in [3.63, 3.8) is 0 Å². The zero-order chi connectivity index (χ0) is 20.1. The Morgan fingerprint density at radius 2 is 2.04 bits per heavy atom. The van der Waals surface area contributed by atoms with Gasteiger partial charge in [0.1, 0.15) is 31.0 Å². The Kier molecular flexibility index (Phi) is 6.44. The second-order valence-electron chi connectivity index (χ2n) is 7.28. The van der Waals surface area contributed by atoms with Crippen LogP contribution in [0.2, 0.25) is 5.02 Å². The van der Waals surface area contributed by atoms with E-state index in [4.69, 9.17) is 21.1 Å². The summed E-state index contributed by atoms with van der Waals surface area (Å²) in [6.45, 7) is 1.91. The van der Waals surface area contributed by atoms with E-state index >= 15 is 0 Å². The molecule has 0 aromatic heterocycles. The van der Waals surface area contributed by atoms with Crippen LogP contribution < -0.4 is 10.1 Å². The van der Waals surface area contributed by atoms with Gasteiger partial charge in [-0.2, -0.15) is 0 Å². The molecule has 1 aromatic rings. The molecule has 2 aliphatic rings. The van der Waals surface area contributed by atoms with E-state index in [-0.39, 0.29) is 25.7 Å². The molecule has 28 heavy (non-hydrogen) atoms. The number of rotatable bonds is 7. The van der Waals surface area contributed by atoms with Gasteiger partial charge in [0, 0.05) is 5.02 Å². The van der Waals surface area contributed by atoms with Gasteiger partial charge in [-0.05, 0) is 49.8 Å². The molecule has 1 spiro atoms. The summed E-state index contributed by atoms with van der Waals surface area (Å²) >= 11 is 5.87. The van der Waals surface area contributed by atoms with Gasteiger partial charge in [-0.25, -0.2) is 4.79 Å². The van der Waals surface area contributed by atoms with Crippen LogP contribution in [0.1, 0.15) is 39.0 Å². The van der Waals surface area contributed by atoms with Gasteiger partial charge in [-0.15, -0.1) is 0 Å². The number of hydrogen-bond donors (Lipinski definition) is 1. The van der Waals surface area contributed by atoms with Gasteiger partial charge in [0.05, 0.1) is 0 Å². The second-order valence-corrected chi connectivity index (χ2v) is 7.72. The Labute approximate surface area is 169 Å². The molecule has 1 saturated heterocycles. The Hall–Kier alpha value is -2.28. The third-order valence-electron chi connectivity index (χ3n) is 5.48. The Morgan fingerprint density at radius 3 is 2.71 bits per heavy atom. The van der Waals surface area contributed by atoms with E-state index in [1.807, 2.05) is 0 Å². The van der Waals surface area contributed by atoms with Crippen molar-refractivity contribution in [3.8, 4) is 5.75 Å². The van der Waals surface area contributed by atoms with Crippen LogP contribution in [0.3, 0.4) is 0 Å². The maximum absolute atomic E-state index is 12.8. The maximum Gasteiger partial charge on any atom is 0.326 e. The average Bonchev–Trinajstić information content (AvgIpc) is 2.90. The summed E-state index contributed by atoms with van der Waals surface area (Å²) in [6.07, 6.45) is 4.12. The first-order valence-electron chi connectivity index (χ1n) is 9.61. The molecule has 1 N–H and O–H groups in total. The zero-order valence-corrected chi connectivity index (χ0v) is 16.7. The summed E-state index contributed by atoms with van der Waals surface area (Å²) in [6, 6.07) is 6.36. The fourth-order valence-corrected chi connectivity index (χ4v) is 3.96. The molecular formula is C20H25ClN2O5. The molecule has 1 heterocycles. The third-order valence-corrected chi connectivity index (χ3v) is 5.72. The van der Waals surface area contributed by atoms with Gasteiger partial charge in [-0.3, -0.25) is 14.5 Å². The average molecular weight is 409 g/mol. The van der Waals surface area contributed by atoms with Crippen molar-refractivity contribution in [2.24, 2.45) is 5.92 Å². The smallest absolute Gasteiger partial charge is 0.326 e. The van der Waals surface area contributed by atoms with Gasteiger partial charge in [-0.1, -0.05) is 31.0 Å². The molecular weight excluding hydrogens is 384 g/mol. The highest BCUT2D eigenvalue weighted by molar-refractivity contribution is 6.30. The maximum atomic E-state index is 12.8. The summed E-state index contributed by atoms with van der Waals surface area (Å²) in [5, 5.41) is 3.36. The first-order valence-corrected chi connectivity index (χ1v) is 9.99. The van der Waals surface area contributed by atoms with Gasteiger partial charge >= 0.3 is 12.0 Å². The van der Waals surface area contributed by atoms with E-state index in [9.17, 15) is 14.4 Å². The molecule has 1 aromatic carbocycles. The lowest BCUT2D eigenvalue weighted by atomic mass is 9.75. The molecule has 0 bridgehead atoms. The topological polar surface area (TPSA) is 84.9 Å². The van der Waals surface area contributed by atoms with E-state index in [1.54, 1.807) is 24.3 Å². The van der Waals surface area contributed by atoms with Gasteiger partial charge in [0.25, 0.3) is 5.91 Å². The van der Waals surface area contributed by atoms with Crippen LogP contribution in [0, 0.1) is 5.92 Å². The monoisotopic (exact) mass is 408 g/mol. The lowest BCUT2D eigenvalue weighted by Gasteiger charge is -2.34. The van der Waals surface area contributed by atoms with E-state index in [0.29, 0.717) is 29.5 Å². The quantitative estimate of drug-likeness (QED) is 0.425. The molecule has 0 radical (unpaired) electrons. The molecule has 3 amide bonds. The first-order chi connectivity index (χ1) is 13.4. The molecule has 1 aliphatic heterocycles. The second kappa shape index (κ2) is 8.82. The molecule has 0 unspecified atom stereocenters. The summed E-state index contributed by atoms with van der Waals surface area (Å²) in [4.78, 5) is 38.0. The van der Waals surface area contributed by atoms with Crippen LogP contribution in [-0.2, 0) is 14.3 Å². The summed E-state index contributed by atoms with van der Waals surface area (Å²) in [7, 11) is 0. The fourth-order valence-electron chi connectivity index (χ4n) is 3.78. The largest absolute Gasteiger partial charge is 0.490 e. The van der Waals surface area contributed by atoms with Crippen LogP contribution in [-0.4, -0.2) is 48.1 Å². The van der Waals surface area contributed by atoms with Crippen LogP contribution in [0.25, 0.3) is 0 Å². The van der Waals surface area contributed by atoms with Crippen molar-refractivity contribution in [1.29, 1.82) is 0 Å². The van der Waals surface area contributed by atoms with E-state index in [2.05, 4.69) is 12.2 Å². The highest BCUT2D eigenvalue weighted by atomic mass is 35.5. The molecule has 3 rings (SSSR count). The zero-order valence-electron chi connectivity index (χ0n) is 15.9. The molecule has 1 aliphatic carbocycles. The van der Waals surface area contributed by atoms with Gasteiger partial charge < -0.3 is 14.8 Å². The summed E-state index contributed by atoms with van der Waals surface area (Å²) in [5.74, 6) is 0.202. The minimum atomic E-state index is -0.848. The lowest BCUT2D eigenvalue weighted by molar-refractivity contribution is -0.148. The van der Waals surface area contributed by atoms with E-state index in [0.717, 1.165) is 24.2 Å². The Balaban J connectivity index is 1.45. The minimum Gasteiger partial charge on any atom is -0.490 e. The van der Waals surface area contributed by atoms with Crippen molar-refractivity contribution in [3.05, 3.63) is 29.3 Å². The number of amides is 3. The first kappa shape index (κ1) is 20.5. The number of ether oxygens (including phenoxy) is 2. The number of halogens is 1. The number of imide groups is 1. The van der Waals surface area contributed by atoms with E-state index in [1.165, 1.54) is 0 Å². The normalized spacial score (nSPS) is 24.4. The number of urea groups is 1. The van der Waals surface area contributed by atoms with E-state index < -0.39 is 17.5 Å². The number of hydrogen-bond acceptors (Lipinski definition) is 5. The predicted molar refractivity (Wildman–Crippen MR) is 103 cm³/mol. The molecule has 0 atom stereocenters. The van der Waals surface area contributed by atoms with Gasteiger partial charge in [0.2, 0.25) is 0 Å². The fraction of sp³-hybridized carbons (Fsp3) is 0.550. The van der Waals surface area contributed by atoms with Crippen molar-refractivity contribution in [1.82, 2.24) is 10.2 Å². The Morgan fingerprint density at radius 1 is 1.29 bits per heavy atom. The standard InChI is InChI=1S/C20H25ClN2O5/c1-2-14-6-8-20(9-7-14)18(25)23(19(26)22-20)13-17(24)28-11-10-27-16-5-3-4-15(21)12-16/h3-5,12,14H,2,6-11,13H2,1H3,(H,22,26). The number of nitrogens with one attached hydrogen (secondary N) is 1. The van der Waals surface area contributed by atoms with Crippen LogP contribution >= 0.6 is 11.6 Å². The van der Waals surface area contributed by atoms with Crippen molar-refractivity contribution in [2.45, 2.75) is 44.6 Å². The molecule has 2 fully saturated rings. The van der Waals surface area contributed by atoms with Crippen LogP contribution in [0.4, 0.5) is 4.79 Å². The molecule has 152 valence electrons. The van der Waals surface area contributed by atoms with Crippen molar-refractivity contribution < 1.29 is 23.9 Å².